The highest BCUT2D eigenvalue weighted by atomic mass is 131. The van der Waals surface area contributed by atoms with Gasteiger partial charge in [-0.3, -0.25) is 4.79 Å². The highest BCUT2D eigenvalue weighted by Gasteiger charge is 2.09. The summed E-state index contributed by atoms with van der Waals surface area (Å²) >= 11 is 7.64. The second kappa shape index (κ2) is 10.9. The Bertz CT molecular complexity index is 476. The molecule has 0 bridgehead atoms. The Morgan fingerprint density at radius 1 is 1.27 bits per heavy atom. The summed E-state index contributed by atoms with van der Waals surface area (Å²) in [6, 6.07) is 8.60. The van der Waals surface area contributed by atoms with Gasteiger partial charge < -0.3 is 10.4 Å². The van der Waals surface area contributed by atoms with Crippen LogP contribution in [0.3, 0.4) is 0 Å². The van der Waals surface area contributed by atoms with E-state index in [-0.39, 0.29) is 5.92 Å². The Morgan fingerprint density at radius 3 is 2.59 bits per heavy atom. The largest absolute Gasteiger partial charge is 0.481 e. The molecule has 0 aliphatic heterocycles. The summed E-state index contributed by atoms with van der Waals surface area (Å²) < 4.78 is 1.26. The third-order valence-electron chi connectivity index (χ3n) is 3.59. The van der Waals surface area contributed by atoms with Crippen molar-refractivity contribution in [3.8, 4) is 0 Å². The standard InChI is InChI=1S/C17H24INO2S/c1-13(17(20)21)5-2-3-12-19-16(22)7-4-6-14-8-10-15(18)11-9-14/h8-11,13H,2-7,12H2,1H3,(H,19,22)(H,20,21)/t13-/m0/s1/i18+4. The molecule has 0 aromatic heterocycles. The maximum absolute atomic E-state index is 10.7. The summed E-state index contributed by atoms with van der Waals surface area (Å²) in [5.74, 6) is -0.958. The lowest BCUT2D eigenvalue weighted by Crippen LogP contribution is -2.22. The maximum Gasteiger partial charge on any atom is 0.306 e. The fraction of sp³-hybridized carbons (Fsp3) is 0.529. The van der Waals surface area contributed by atoms with Crippen molar-refractivity contribution in [1.82, 2.24) is 5.32 Å². The first kappa shape index (κ1) is 19.4. The van der Waals surface area contributed by atoms with Gasteiger partial charge in [0.05, 0.1) is 10.9 Å². The first-order valence-corrected chi connectivity index (χ1v) is 9.21. The third kappa shape index (κ3) is 8.68. The van der Waals surface area contributed by atoms with Crippen molar-refractivity contribution < 1.29 is 9.90 Å². The van der Waals surface area contributed by atoms with Gasteiger partial charge in [-0.25, -0.2) is 0 Å². The topological polar surface area (TPSA) is 49.3 Å². The lowest BCUT2D eigenvalue weighted by atomic mass is 10.0. The normalized spacial score (nSPS) is 11.9. The van der Waals surface area contributed by atoms with E-state index in [2.05, 4.69) is 52.2 Å². The van der Waals surface area contributed by atoms with Crippen molar-refractivity contribution in [2.45, 2.75) is 45.4 Å². The minimum Gasteiger partial charge on any atom is -0.481 e. The molecule has 2 N–H and O–H groups in total. The van der Waals surface area contributed by atoms with Gasteiger partial charge in [-0.05, 0) is 72.4 Å². The Balaban J connectivity index is 2.04. The molecule has 0 heterocycles. The van der Waals surface area contributed by atoms with Crippen LogP contribution in [-0.4, -0.2) is 22.6 Å². The van der Waals surface area contributed by atoms with E-state index in [4.69, 9.17) is 17.3 Å². The minimum atomic E-state index is -0.709. The molecular formula is C17H24INO2S. The lowest BCUT2D eigenvalue weighted by molar-refractivity contribution is -0.141. The molecule has 22 heavy (non-hydrogen) atoms. The number of carboxylic acids is 1. The molecule has 5 heteroatoms. The van der Waals surface area contributed by atoms with Crippen LogP contribution in [0.2, 0.25) is 0 Å². The van der Waals surface area contributed by atoms with Crippen LogP contribution in [0.25, 0.3) is 0 Å². The summed E-state index contributed by atoms with van der Waals surface area (Å²) in [4.78, 5) is 11.6. The number of aryl methyl sites for hydroxylation is 1. The van der Waals surface area contributed by atoms with Crippen LogP contribution in [0.5, 0.6) is 0 Å². The van der Waals surface area contributed by atoms with Crippen LogP contribution in [-0.2, 0) is 11.2 Å². The van der Waals surface area contributed by atoms with Crippen molar-refractivity contribution in [1.29, 1.82) is 0 Å². The van der Waals surface area contributed by atoms with Gasteiger partial charge in [0.2, 0.25) is 0 Å². The molecule has 0 saturated heterocycles. The zero-order chi connectivity index (χ0) is 16.4. The number of aliphatic carboxylic acids is 1. The number of nitrogens with one attached hydrogen (secondary N) is 1. The highest BCUT2D eigenvalue weighted by molar-refractivity contribution is 14.1. The average Bonchev–Trinajstić information content (AvgIpc) is 2.48. The molecule has 0 aliphatic rings. The first-order valence-electron chi connectivity index (χ1n) is 7.73. The third-order valence-corrected chi connectivity index (χ3v) is 4.66. The number of halogens is 1. The number of hydrogen-bond donors (Lipinski definition) is 2. The number of thiocarbonyl (C=S) groups is 1. The van der Waals surface area contributed by atoms with E-state index in [1.54, 1.807) is 6.92 Å². The van der Waals surface area contributed by atoms with Crippen molar-refractivity contribution >= 4 is 45.8 Å². The van der Waals surface area contributed by atoms with E-state index in [1.807, 2.05) is 0 Å². The summed E-state index contributed by atoms with van der Waals surface area (Å²) in [5.41, 5.74) is 1.35. The molecule has 3 nitrogen and oxygen atoms in total. The van der Waals surface area contributed by atoms with Crippen LogP contribution in [0.15, 0.2) is 24.3 Å². The van der Waals surface area contributed by atoms with Gasteiger partial charge in [0, 0.05) is 10.1 Å². The molecule has 1 rings (SSSR count). The van der Waals surface area contributed by atoms with Crippen LogP contribution in [0.4, 0.5) is 0 Å². The summed E-state index contributed by atoms with van der Waals surface area (Å²) in [6.45, 7) is 2.60. The van der Waals surface area contributed by atoms with E-state index < -0.39 is 5.97 Å². The predicted octanol–water partition coefficient (Wildman–Crippen LogP) is 4.42. The van der Waals surface area contributed by atoms with Gasteiger partial charge in [-0.1, -0.05) is 37.7 Å². The molecule has 0 spiro atoms. The summed E-state index contributed by atoms with van der Waals surface area (Å²) in [7, 11) is 0. The lowest BCUT2D eigenvalue weighted by Gasteiger charge is -2.09. The number of benzene rings is 1. The molecule has 0 aliphatic carbocycles. The number of hydrogen-bond acceptors (Lipinski definition) is 2. The maximum atomic E-state index is 10.7. The molecule has 0 fully saturated rings. The number of carboxylic acid groups (broad SMARTS) is 1. The molecule has 0 unspecified atom stereocenters. The Morgan fingerprint density at radius 2 is 1.95 bits per heavy atom. The number of unbranched alkanes of at least 4 members (excludes halogenated alkanes) is 1. The number of rotatable bonds is 10. The van der Waals surface area contributed by atoms with Crippen LogP contribution < -0.4 is 5.32 Å². The molecule has 0 amide bonds. The van der Waals surface area contributed by atoms with Gasteiger partial charge in [0.1, 0.15) is 0 Å². The van der Waals surface area contributed by atoms with Gasteiger partial charge in [-0.15, -0.1) is 0 Å². The minimum absolute atomic E-state index is 0.249. The Kier molecular flexibility index (Phi) is 9.63. The molecule has 0 saturated carbocycles. The van der Waals surface area contributed by atoms with Gasteiger partial charge in [0.25, 0.3) is 0 Å². The van der Waals surface area contributed by atoms with Crippen molar-refractivity contribution in [3.05, 3.63) is 33.4 Å². The number of carbonyl (C=O) groups is 1. The zero-order valence-corrected chi connectivity index (χ0v) is 16.0. The fourth-order valence-electron chi connectivity index (χ4n) is 2.12. The molecular weight excluding hydrogens is 413 g/mol. The summed E-state index contributed by atoms with van der Waals surface area (Å²) in [5, 5.41) is 12.1. The van der Waals surface area contributed by atoms with Crippen LogP contribution in [0, 0.1) is 9.49 Å². The SMILES string of the molecule is C[C@@H](CCCCNC(=S)CCCc1ccc([131I])cc1)C(=O)O. The molecule has 1 aromatic rings. The van der Waals surface area contributed by atoms with Crippen molar-refractivity contribution in [2.24, 2.45) is 5.92 Å². The molecule has 0 radical (unpaired) electrons. The second-order valence-electron chi connectivity index (χ2n) is 5.57. The van der Waals surface area contributed by atoms with E-state index in [1.165, 1.54) is 9.13 Å². The van der Waals surface area contributed by atoms with Gasteiger partial charge >= 0.3 is 5.97 Å². The Hall–Kier alpha value is -0.690. The second-order valence-corrected chi connectivity index (χ2v) is 7.30. The van der Waals surface area contributed by atoms with E-state index in [0.29, 0.717) is 0 Å². The smallest absolute Gasteiger partial charge is 0.306 e. The van der Waals surface area contributed by atoms with Crippen LogP contribution in [0.1, 0.15) is 44.6 Å². The zero-order valence-electron chi connectivity index (χ0n) is 13.0. The molecule has 1 aromatic carbocycles. The van der Waals surface area contributed by atoms with Crippen molar-refractivity contribution in [2.75, 3.05) is 6.54 Å². The van der Waals surface area contributed by atoms with E-state index in [0.717, 1.165) is 50.1 Å². The highest BCUT2D eigenvalue weighted by Crippen LogP contribution is 2.10. The van der Waals surface area contributed by atoms with Gasteiger partial charge in [-0.2, -0.15) is 0 Å². The Labute approximate surface area is 152 Å². The van der Waals surface area contributed by atoms with Crippen molar-refractivity contribution in [3.63, 3.8) is 0 Å². The van der Waals surface area contributed by atoms with Gasteiger partial charge in [0.15, 0.2) is 0 Å². The predicted molar refractivity (Wildman–Crippen MR) is 103 cm³/mol. The van der Waals surface area contributed by atoms with E-state index >= 15 is 0 Å². The first-order chi connectivity index (χ1) is 10.5. The summed E-state index contributed by atoms with van der Waals surface area (Å²) in [6.07, 6.45) is 5.64. The average molecular weight is 437 g/mol. The van der Waals surface area contributed by atoms with E-state index in [9.17, 15) is 4.79 Å². The molecule has 1 atom stereocenters. The van der Waals surface area contributed by atoms with Crippen LogP contribution >= 0.6 is 34.8 Å². The quantitative estimate of drug-likeness (QED) is 0.323. The molecule has 122 valence electrons. The monoisotopic (exact) mass is 437 g/mol. The fourth-order valence-corrected chi connectivity index (χ4v) is 2.73.